The van der Waals surface area contributed by atoms with Gasteiger partial charge in [0.1, 0.15) is 12.5 Å². The molecule has 0 aromatic heterocycles. The van der Waals surface area contributed by atoms with E-state index in [0.717, 1.165) is 36.8 Å². The van der Waals surface area contributed by atoms with Crippen LogP contribution >= 0.6 is 25.3 Å². The molecule has 0 heterocycles. The predicted molar refractivity (Wildman–Crippen MR) is 193 cm³/mol. The summed E-state index contributed by atoms with van der Waals surface area (Å²) in [5.41, 5.74) is 3.49. The van der Waals surface area contributed by atoms with E-state index < -0.39 is 32.5 Å². The third kappa shape index (κ3) is 17.1. The lowest BCUT2D eigenvalue weighted by Gasteiger charge is -2.21. The lowest BCUT2D eigenvalue weighted by molar-refractivity contribution is -0.00286. The van der Waals surface area contributed by atoms with E-state index in [0.29, 0.717) is 20.9 Å². The number of thiol groups is 2. The van der Waals surface area contributed by atoms with Crippen molar-refractivity contribution in [3.8, 4) is 0 Å². The molecule has 2 aromatic rings. The Morgan fingerprint density at radius 2 is 0.956 bits per heavy atom. The van der Waals surface area contributed by atoms with Crippen molar-refractivity contribution in [1.29, 1.82) is 0 Å². The van der Waals surface area contributed by atoms with E-state index in [9.17, 15) is 16.8 Å². The summed E-state index contributed by atoms with van der Waals surface area (Å²) in [6.45, 7) is 7.48. The van der Waals surface area contributed by atoms with Crippen molar-refractivity contribution in [3.63, 3.8) is 0 Å². The Labute approximate surface area is 285 Å². The SMILES string of the molecule is CCCCCCCCc1ccc(CS(=O)(=O)NC(C)OC(C)NS(=O)(=O)Cc2ccc(CCCCCCCC)cc2S)c(S)c1. The highest BCUT2D eigenvalue weighted by Crippen LogP contribution is 2.22. The number of unbranched alkanes of at least 4 members (excludes halogenated alkanes) is 10. The first-order valence-corrected chi connectivity index (χ1v) is 20.8. The summed E-state index contributed by atoms with van der Waals surface area (Å²) in [6.07, 6.45) is 14.6. The third-order valence-electron chi connectivity index (χ3n) is 7.73. The summed E-state index contributed by atoms with van der Waals surface area (Å²) in [5, 5.41) is 0. The quantitative estimate of drug-likeness (QED) is 0.0502. The van der Waals surface area contributed by atoms with Gasteiger partial charge in [-0.2, -0.15) is 9.44 Å². The summed E-state index contributed by atoms with van der Waals surface area (Å²) in [6, 6.07) is 11.4. The molecule has 2 N–H and O–H groups in total. The number of hydrogen-bond acceptors (Lipinski definition) is 7. The minimum atomic E-state index is -3.77. The molecule has 0 saturated heterocycles. The van der Waals surface area contributed by atoms with Crippen LogP contribution in [-0.2, 0) is 49.1 Å². The molecule has 2 rings (SSSR count). The maximum Gasteiger partial charge on any atom is 0.217 e. The number of aryl methyl sites for hydroxylation is 2. The van der Waals surface area contributed by atoms with Gasteiger partial charge >= 0.3 is 0 Å². The molecule has 2 aromatic carbocycles. The van der Waals surface area contributed by atoms with Crippen LogP contribution in [0.15, 0.2) is 46.2 Å². The van der Waals surface area contributed by atoms with E-state index in [-0.39, 0.29) is 11.5 Å². The molecule has 0 saturated carbocycles. The van der Waals surface area contributed by atoms with Crippen LogP contribution in [0.4, 0.5) is 0 Å². The number of sulfonamides is 2. The lowest BCUT2D eigenvalue weighted by Crippen LogP contribution is -2.43. The molecular weight excluding hydrogens is 645 g/mol. The Hall–Kier alpha value is -1.08. The van der Waals surface area contributed by atoms with Crippen molar-refractivity contribution in [1.82, 2.24) is 9.44 Å². The zero-order valence-corrected chi connectivity index (χ0v) is 31.1. The minimum Gasteiger partial charge on any atom is -0.344 e. The molecule has 0 bridgehead atoms. The van der Waals surface area contributed by atoms with Crippen LogP contribution in [0.3, 0.4) is 0 Å². The van der Waals surface area contributed by atoms with Crippen molar-refractivity contribution in [3.05, 3.63) is 58.7 Å². The molecule has 0 fully saturated rings. The van der Waals surface area contributed by atoms with Crippen LogP contribution in [0.5, 0.6) is 0 Å². The molecule has 2 atom stereocenters. The standard InChI is InChI=1S/C34H56N2O5S4/c1-5-7-9-11-13-15-17-29-19-21-31(33(42)23-29)25-44(37,38)35-27(3)41-28(4)36-45(39,40)26-32-22-20-30(24-34(32)43)18-16-14-12-10-8-6-2/h19-24,27-28,35-36,42-43H,5-18,25-26H2,1-4H3. The summed E-state index contributed by atoms with van der Waals surface area (Å²) < 4.78 is 62.1. The van der Waals surface area contributed by atoms with Gasteiger partial charge in [0.15, 0.2) is 0 Å². The van der Waals surface area contributed by atoms with Crippen molar-refractivity contribution in [2.45, 2.75) is 151 Å². The van der Waals surface area contributed by atoms with Gasteiger partial charge in [-0.1, -0.05) is 102 Å². The van der Waals surface area contributed by atoms with Gasteiger partial charge in [0, 0.05) is 9.79 Å². The van der Waals surface area contributed by atoms with E-state index in [4.69, 9.17) is 4.74 Å². The van der Waals surface area contributed by atoms with Crippen LogP contribution in [0, 0.1) is 0 Å². The van der Waals surface area contributed by atoms with Crippen molar-refractivity contribution in [2.24, 2.45) is 0 Å². The number of ether oxygens (including phenoxy) is 1. The molecule has 256 valence electrons. The maximum atomic E-state index is 12.9. The Bertz CT molecular complexity index is 1260. The number of nitrogens with one attached hydrogen (secondary N) is 2. The topological polar surface area (TPSA) is 102 Å². The molecule has 0 aliphatic heterocycles. The van der Waals surface area contributed by atoms with Crippen LogP contribution in [0.1, 0.15) is 127 Å². The summed E-state index contributed by atoms with van der Waals surface area (Å²) in [4.78, 5) is 1.27. The van der Waals surface area contributed by atoms with Gasteiger partial charge in [0.2, 0.25) is 20.0 Å². The predicted octanol–water partition coefficient (Wildman–Crippen LogP) is 8.32. The Morgan fingerprint density at radius 3 is 1.31 bits per heavy atom. The minimum absolute atomic E-state index is 0.253. The van der Waals surface area contributed by atoms with E-state index in [2.05, 4.69) is 48.5 Å². The molecule has 11 heteroatoms. The highest BCUT2D eigenvalue weighted by Gasteiger charge is 2.22. The maximum absolute atomic E-state index is 12.9. The second kappa shape index (κ2) is 21.0. The zero-order chi connectivity index (χ0) is 33.3. The first-order valence-electron chi connectivity index (χ1n) is 16.6. The van der Waals surface area contributed by atoms with E-state index in [1.54, 1.807) is 0 Å². The van der Waals surface area contributed by atoms with Gasteiger partial charge < -0.3 is 4.74 Å². The highest BCUT2D eigenvalue weighted by atomic mass is 32.2. The third-order valence-corrected chi connectivity index (χ3v) is 11.3. The average molecular weight is 701 g/mol. The van der Waals surface area contributed by atoms with Crippen molar-refractivity contribution in [2.75, 3.05) is 0 Å². The van der Waals surface area contributed by atoms with Gasteiger partial charge in [0.05, 0.1) is 11.5 Å². The molecule has 0 spiro atoms. The van der Waals surface area contributed by atoms with Crippen LogP contribution in [0.2, 0.25) is 0 Å². The molecule has 0 aliphatic carbocycles. The van der Waals surface area contributed by atoms with Gasteiger partial charge in [-0.3, -0.25) is 0 Å². The van der Waals surface area contributed by atoms with Crippen molar-refractivity contribution >= 4 is 45.3 Å². The Balaban J connectivity index is 1.81. The molecule has 0 radical (unpaired) electrons. The number of rotatable bonds is 24. The fraction of sp³-hybridized carbons (Fsp3) is 0.647. The summed E-state index contributed by atoms with van der Waals surface area (Å²) in [7, 11) is -7.54. The monoisotopic (exact) mass is 700 g/mol. The first-order chi connectivity index (χ1) is 21.3. The molecule has 0 amide bonds. The molecule has 0 aliphatic rings. The van der Waals surface area contributed by atoms with E-state index in [1.165, 1.54) is 78.1 Å². The fourth-order valence-corrected chi connectivity index (χ4v) is 8.82. The first kappa shape index (κ1) is 40.1. The normalized spacial score (nSPS) is 13.6. The summed E-state index contributed by atoms with van der Waals surface area (Å²) >= 11 is 9.08. The molecule has 45 heavy (non-hydrogen) atoms. The van der Waals surface area contributed by atoms with Gasteiger partial charge in [-0.05, 0) is 73.9 Å². The van der Waals surface area contributed by atoms with Gasteiger partial charge in [-0.15, -0.1) is 25.3 Å². The molecular formula is C34H56N2O5S4. The summed E-state index contributed by atoms with van der Waals surface area (Å²) in [5.74, 6) is -0.507. The molecule has 2 unspecified atom stereocenters. The van der Waals surface area contributed by atoms with Gasteiger partial charge in [-0.25, -0.2) is 16.8 Å². The highest BCUT2D eigenvalue weighted by molar-refractivity contribution is 7.89. The number of benzene rings is 2. The van der Waals surface area contributed by atoms with E-state index in [1.807, 2.05) is 36.4 Å². The fourth-order valence-electron chi connectivity index (χ4n) is 5.35. The largest absolute Gasteiger partial charge is 0.344 e. The Morgan fingerprint density at radius 1 is 0.600 bits per heavy atom. The molecule has 7 nitrogen and oxygen atoms in total. The van der Waals surface area contributed by atoms with Crippen LogP contribution < -0.4 is 9.44 Å². The average Bonchev–Trinajstić information content (AvgIpc) is 2.94. The van der Waals surface area contributed by atoms with Gasteiger partial charge in [0.25, 0.3) is 0 Å². The zero-order valence-electron chi connectivity index (χ0n) is 27.7. The van der Waals surface area contributed by atoms with Crippen LogP contribution in [-0.4, -0.2) is 29.3 Å². The smallest absolute Gasteiger partial charge is 0.217 e. The second-order valence-electron chi connectivity index (χ2n) is 12.1. The lowest BCUT2D eigenvalue weighted by atomic mass is 10.0. The van der Waals surface area contributed by atoms with E-state index >= 15 is 0 Å². The number of hydrogen-bond donors (Lipinski definition) is 4. The van der Waals surface area contributed by atoms with Crippen molar-refractivity contribution < 1.29 is 21.6 Å². The Kier molecular flexibility index (Phi) is 18.7. The van der Waals surface area contributed by atoms with Crippen LogP contribution in [0.25, 0.3) is 0 Å². The second-order valence-corrected chi connectivity index (χ2v) is 16.6.